The Morgan fingerprint density at radius 2 is 2.07 bits per heavy atom. The first kappa shape index (κ1) is 19.7. The Balaban J connectivity index is 1.72. The number of anilines is 1. The molecule has 1 atom stereocenters. The van der Waals surface area contributed by atoms with Gasteiger partial charge in [-0.2, -0.15) is 4.31 Å². The van der Waals surface area contributed by atoms with E-state index in [9.17, 15) is 13.2 Å². The molecule has 0 aliphatic carbocycles. The summed E-state index contributed by atoms with van der Waals surface area (Å²) in [6.45, 7) is 0.598. The van der Waals surface area contributed by atoms with Gasteiger partial charge in [0.2, 0.25) is 5.91 Å². The summed E-state index contributed by atoms with van der Waals surface area (Å²) in [5.74, 6) is 0.474. The number of nitrogens with zero attached hydrogens (tertiary/aromatic N) is 1. The van der Waals surface area contributed by atoms with E-state index in [2.05, 4.69) is 5.32 Å². The molecule has 2 aromatic rings. The van der Waals surface area contributed by atoms with Crippen molar-refractivity contribution >= 4 is 33.0 Å². The third-order valence-corrected chi connectivity index (χ3v) is 7.75. The topological polar surface area (TPSA) is 84.9 Å². The third-order valence-electron chi connectivity index (χ3n) is 4.51. The number of methoxy groups -OCH3 is 2. The number of piperidine rings is 1. The molecule has 146 valence electrons. The number of sulfonamides is 1. The van der Waals surface area contributed by atoms with Gasteiger partial charge in [0.1, 0.15) is 15.7 Å². The highest BCUT2D eigenvalue weighted by Gasteiger charge is 2.34. The van der Waals surface area contributed by atoms with Crippen molar-refractivity contribution in [1.82, 2.24) is 4.31 Å². The number of amides is 1. The molecule has 7 nitrogen and oxygen atoms in total. The van der Waals surface area contributed by atoms with E-state index in [1.54, 1.807) is 42.8 Å². The molecule has 1 aliphatic rings. The van der Waals surface area contributed by atoms with Crippen molar-refractivity contribution in [3.8, 4) is 11.5 Å². The Morgan fingerprint density at radius 3 is 2.74 bits per heavy atom. The minimum Gasteiger partial charge on any atom is -0.497 e. The summed E-state index contributed by atoms with van der Waals surface area (Å²) in [4.78, 5) is 12.7. The van der Waals surface area contributed by atoms with E-state index >= 15 is 0 Å². The molecule has 0 saturated carbocycles. The Kier molecular flexibility index (Phi) is 6.03. The average Bonchev–Trinajstić information content (AvgIpc) is 3.24. The van der Waals surface area contributed by atoms with Crippen LogP contribution in [0, 0.1) is 5.92 Å². The fraction of sp³-hybridized carbons (Fsp3) is 0.389. The lowest BCUT2D eigenvalue weighted by Gasteiger charge is -2.30. The molecule has 1 aromatic heterocycles. The lowest BCUT2D eigenvalue weighted by Crippen LogP contribution is -2.43. The highest BCUT2D eigenvalue weighted by atomic mass is 32.2. The van der Waals surface area contributed by atoms with Crippen LogP contribution in [0.5, 0.6) is 11.5 Å². The summed E-state index contributed by atoms with van der Waals surface area (Å²) in [7, 11) is -0.482. The van der Waals surface area contributed by atoms with Gasteiger partial charge in [-0.05, 0) is 36.4 Å². The summed E-state index contributed by atoms with van der Waals surface area (Å²) in [6.07, 6.45) is 1.28. The van der Waals surface area contributed by atoms with Gasteiger partial charge in [-0.15, -0.1) is 11.3 Å². The highest BCUT2D eigenvalue weighted by Crippen LogP contribution is 2.31. The minimum absolute atomic E-state index is 0.171. The Morgan fingerprint density at radius 1 is 1.26 bits per heavy atom. The zero-order chi connectivity index (χ0) is 19.4. The monoisotopic (exact) mass is 410 g/mol. The van der Waals surface area contributed by atoms with Crippen molar-refractivity contribution in [2.24, 2.45) is 5.92 Å². The molecule has 0 radical (unpaired) electrons. The van der Waals surface area contributed by atoms with Gasteiger partial charge in [0.05, 0.1) is 25.8 Å². The summed E-state index contributed by atoms with van der Waals surface area (Å²) >= 11 is 1.19. The number of hydrogen-bond donors (Lipinski definition) is 1. The van der Waals surface area contributed by atoms with Gasteiger partial charge in [0.25, 0.3) is 10.0 Å². The molecule has 1 aliphatic heterocycles. The van der Waals surface area contributed by atoms with Crippen LogP contribution in [-0.4, -0.2) is 45.9 Å². The maximum absolute atomic E-state index is 12.7. The Labute approximate surface area is 163 Å². The maximum atomic E-state index is 12.7. The first-order valence-electron chi connectivity index (χ1n) is 8.52. The van der Waals surface area contributed by atoms with Crippen LogP contribution in [-0.2, 0) is 14.8 Å². The lowest BCUT2D eigenvalue weighted by atomic mass is 9.98. The van der Waals surface area contributed by atoms with Gasteiger partial charge in [0.15, 0.2) is 0 Å². The summed E-state index contributed by atoms with van der Waals surface area (Å²) in [5, 5.41) is 4.58. The van der Waals surface area contributed by atoms with E-state index in [1.807, 2.05) is 0 Å². The predicted molar refractivity (Wildman–Crippen MR) is 104 cm³/mol. The second-order valence-electron chi connectivity index (χ2n) is 6.19. The van der Waals surface area contributed by atoms with E-state index in [4.69, 9.17) is 9.47 Å². The van der Waals surface area contributed by atoms with Crippen molar-refractivity contribution in [3.63, 3.8) is 0 Å². The summed E-state index contributed by atoms with van der Waals surface area (Å²) in [6, 6.07) is 8.42. The van der Waals surface area contributed by atoms with Crippen molar-refractivity contribution < 1.29 is 22.7 Å². The van der Waals surface area contributed by atoms with Gasteiger partial charge in [0, 0.05) is 19.2 Å². The highest BCUT2D eigenvalue weighted by molar-refractivity contribution is 7.91. The largest absolute Gasteiger partial charge is 0.497 e. The molecule has 3 rings (SSSR count). The standard InChI is InChI=1S/C18H22N2O5S2/c1-24-14-7-8-15(16(11-14)25-2)19-18(21)13-5-3-9-20(12-13)27(22,23)17-6-4-10-26-17/h4,6-8,10-11,13H,3,5,9,12H2,1-2H3,(H,19,21)/t13-/m0/s1. The van der Waals surface area contributed by atoms with Crippen LogP contribution in [0.4, 0.5) is 5.69 Å². The van der Waals surface area contributed by atoms with Crippen LogP contribution in [0.1, 0.15) is 12.8 Å². The number of carbonyl (C=O) groups excluding carboxylic acids is 1. The molecule has 1 fully saturated rings. The fourth-order valence-electron chi connectivity index (χ4n) is 3.05. The van der Waals surface area contributed by atoms with E-state index in [0.717, 1.165) is 0 Å². The predicted octanol–water partition coefficient (Wildman–Crippen LogP) is 2.80. The Hall–Kier alpha value is -2.10. The number of carbonyl (C=O) groups is 1. The molecule has 27 heavy (non-hydrogen) atoms. The van der Waals surface area contributed by atoms with E-state index in [1.165, 1.54) is 22.8 Å². The normalized spacial score (nSPS) is 18.1. The van der Waals surface area contributed by atoms with E-state index in [-0.39, 0.29) is 12.5 Å². The van der Waals surface area contributed by atoms with Crippen LogP contribution in [0.15, 0.2) is 39.9 Å². The third kappa shape index (κ3) is 4.26. The maximum Gasteiger partial charge on any atom is 0.252 e. The van der Waals surface area contributed by atoms with Gasteiger partial charge in [-0.1, -0.05) is 6.07 Å². The minimum atomic E-state index is -3.55. The van der Waals surface area contributed by atoms with Crippen molar-refractivity contribution in [1.29, 1.82) is 0 Å². The molecule has 0 spiro atoms. The molecule has 1 N–H and O–H groups in total. The molecular formula is C18H22N2O5S2. The number of thiophene rings is 1. The number of hydrogen-bond acceptors (Lipinski definition) is 6. The molecule has 1 amide bonds. The zero-order valence-electron chi connectivity index (χ0n) is 15.2. The molecule has 1 aromatic carbocycles. The molecule has 9 heteroatoms. The summed E-state index contributed by atoms with van der Waals surface area (Å²) in [5.41, 5.74) is 0.529. The number of rotatable bonds is 6. The van der Waals surface area contributed by atoms with Crippen LogP contribution < -0.4 is 14.8 Å². The van der Waals surface area contributed by atoms with Crippen LogP contribution >= 0.6 is 11.3 Å². The quantitative estimate of drug-likeness (QED) is 0.792. The molecule has 0 bridgehead atoms. The average molecular weight is 411 g/mol. The summed E-state index contributed by atoms with van der Waals surface area (Å²) < 4.78 is 37.6. The van der Waals surface area contributed by atoms with Crippen molar-refractivity contribution in [3.05, 3.63) is 35.7 Å². The van der Waals surface area contributed by atoms with Gasteiger partial charge >= 0.3 is 0 Å². The second-order valence-corrected chi connectivity index (χ2v) is 9.30. The van der Waals surface area contributed by atoms with E-state index < -0.39 is 15.9 Å². The van der Waals surface area contributed by atoms with Crippen LogP contribution in [0.2, 0.25) is 0 Å². The van der Waals surface area contributed by atoms with E-state index in [0.29, 0.717) is 40.8 Å². The molecule has 0 unspecified atom stereocenters. The first-order valence-corrected chi connectivity index (χ1v) is 10.8. The van der Waals surface area contributed by atoms with Crippen LogP contribution in [0.3, 0.4) is 0 Å². The zero-order valence-corrected chi connectivity index (χ0v) is 16.8. The van der Waals surface area contributed by atoms with Gasteiger partial charge in [-0.25, -0.2) is 8.42 Å². The fourth-order valence-corrected chi connectivity index (χ4v) is 5.72. The SMILES string of the molecule is COc1ccc(NC(=O)[C@H]2CCCN(S(=O)(=O)c3cccs3)C2)c(OC)c1. The Bertz CT molecular complexity index is 896. The number of nitrogens with one attached hydrogen (secondary N) is 1. The van der Waals surface area contributed by atoms with Crippen molar-refractivity contribution in [2.75, 3.05) is 32.6 Å². The molecule has 1 saturated heterocycles. The van der Waals surface area contributed by atoms with Gasteiger partial charge < -0.3 is 14.8 Å². The molecular weight excluding hydrogens is 388 g/mol. The number of benzene rings is 1. The second kappa shape index (κ2) is 8.28. The number of ether oxygens (including phenoxy) is 2. The first-order chi connectivity index (χ1) is 13.0. The van der Waals surface area contributed by atoms with Gasteiger partial charge in [-0.3, -0.25) is 4.79 Å². The van der Waals surface area contributed by atoms with Crippen molar-refractivity contribution in [2.45, 2.75) is 17.1 Å². The lowest BCUT2D eigenvalue weighted by molar-refractivity contribution is -0.120. The smallest absolute Gasteiger partial charge is 0.252 e. The van der Waals surface area contributed by atoms with Crippen LogP contribution in [0.25, 0.3) is 0 Å². The molecule has 2 heterocycles.